The van der Waals surface area contributed by atoms with Gasteiger partial charge in [-0.1, -0.05) is 0 Å². The highest BCUT2D eigenvalue weighted by Gasteiger charge is 2.22. The minimum Gasteiger partial charge on any atom is -0.385 e. The fraction of sp³-hybridized carbons (Fsp3) is 0.533. The molecule has 0 saturated heterocycles. The second-order valence-electron chi connectivity index (χ2n) is 5.89. The third-order valence-electron chi connectivity index (χ3n) is 2.67. The first-order valence-electron chi connectivity index (χ1n) is 7.05. The molecule has 0 aliphatic heterocycles. The normalized spacial score (nSPS) is 12.4. The van der Waals surface area contributed by atoms with Crippen LogP contribution in [-0.2, 0) is 4.79 Å². The summed E-state index contributed by atoms with van der Waals surface area (Å²) in [6.45, 7) is 9.98. The van der Waals surface area contributed by atoms with Crippen LogP contribution in [0.1, 0.15) is 45.0 Å². The average molecular weight is 292 g/mol. The molecule has 1 aromatic heterocycles. The smallest absolute Gasteiger partial charge is 0.255 e. The molecule has 0 saturated carbocycles. The molecule has 1 atom stereocenters. The van der Waals surface area contributed by atoms with Crippen molar-refractivity contribution >= 4 is 17.5 Å². The van der Waals surface area contributed by atoms with Gasteiger partial charge in [0.2, 0.25) is 5.91 Å². The van der Waals surface area contributed by atoms with Crippen molar-refractivity contribution < 1.29 is 9.59 Å². The van der Waals surface area contributed by atoms with Crippen molar-refractivity contribution in [2.75, 3.05) is 11.9 Å². The summed E-state index contributed by atoms with van der Waals surface area (Å²) in [5.41, 5.74) is 0.794. The van der Waals surface area contributed by atoms with Gasteiger partial charge in [0.05, 0.1) is 11.3 Å². The summed E-state index contributed by atoms with van der Waals surface area (Å²) >= 11 is 0. The molecule has 0 radical (unpaired) electrons. The maximum Gasteiger partial charge on any atom is 0.255 e. The van der Waals surface area contributed by atoms with Gasteiger partial charge >= 0.3 is 0 Å². The topological polar surface area (TPSA) is 83.1 Å². The van der Waals surface area contributed by atoms with Crippen molar-refractivity contribution in [1.82, 2.24) is 15.6 Å². The number of carbonyl (C=O) groups excluding carboxylic acids is 2. The maximum atomic E-state index is 12.2. The fourth-order valence-corrected chi connectivity index (χ4v) is 1.74. The number of hydrogen-bond acceptors (Lipinski definition) is 4. The van der Waals surface area contributed by atoms with E-state index in [0.29, 0.717) is 17.8 Å². The van der Waals surface area contributed by atoms with E-state index in [9.17, 15) is 9.59 Å². The van der Waals surface area contributed by atoms with E-state index in [2.05, 4.69) is 20.9 Å². The van der Waals surface area contributed by atoms with E-state index < -0.39 is 6.04 Å². The van der Waals surface area contributed by atoms with Gasteiger partial charge in [0.1, 0.15) is 6.04 Å². The van der Waals surface area contributed by atoms with Gasteiger partial charge in [0.25, 0.3) is 5.91 Å². The number of carbonyl (C=O) groups is 2. The molecule has 6 heteroatoms. The first kappa shape index (κ1) is 16.9. The summed E-state index contributed by atoms with van der Waals surface area (Å²) in [6, 6.07) is 1.12. The summed E-state index contributed by atoms with van der Waals surface area (Å²) in [5, 5.41) is 8.61. The van der Waals surface area contributed by atoms with Gasteiger partial charge in [-0.2, -0.15) is 0 Å². The molecule has 0 aliphatic rings. The van der Waals surface area contributed by atoms with E-state index >= 15 is 0 Å². The van der Waals surface area contributed by atoms with Crippen molar-refractivity contribution in [2.45, 2.75) is 46.2 Å². The SMILES string of the molecule is CCNc1ccncc1C(=O)NC(C)C(=O)NC(C)(C)C. The van der Waals surface area contributed by atoms with Gasteiger partial charge in [-0.05, 0) is 40.7 Å². The summed E-state index contributed by atoms with van der Waals surface area (Å²) in [6.07, 6.45) is 3.10. The molecular formula is C15H24N4O2. The molecule has 1 aromatic rings. The molecule has 1 unspecified atom stereocenters. The second kappa shape index (κ2) is 7.06. The molecule has 116 valence electrons. The first-order valence-corrected chi connectivity index (χ1v) is 7.05. The highest BCUT2D eigenvalue weighted by Crippen LogP contribution is 2.13. The van der Waals surface area contributed by atoms with Gasteiger partial charge in [-0.3, -0.25) is 14.6 Å². The zero-order valence-electron chi connectivity index (χ0n) is 13.3. The molecule has 0 aromatic carbocycles. The van der Waals surface area contributed by atoms with E-state index in [1.165, 1.54) is 6.20 Å². The highest BCUT2D eigenvalue weighted by atomic mass is 16.2. The Labute approximate surface area is 125 Å². The second-order valence-corrected chi connectivity index (χ2v) is 5.89. The Morgan fingerprint density at radius 2 is 2.00 bits per heavy atom. The van der Waals surface area contributed by atoms with Crippen LogP contribution < -0.4 is 16.0 Å². The minimum atomic E-state index is -0.619. The third-order valence-corrected chi connectivity index (χ3v) is 2.67. The van der Waals surface area contributed by atoms with Crippen LogP contribution in [0.25, 0.3) is 0 Å². The number of nitrogens with zero attached hydrogens (tertiary/aromatic N) is 1. The predicted octanol–water partition coefficient (Wildman–Crippen LogP) is 1.55. The molecule has 6 nitrogen and oxygen atoms in total. The van der Waals surface area contributed by atoms with Crippen LogP contribution in [0.5, 0.6) is 0 Å². The Morgan fingerprint density at radius 3 is 2.57 bits per heavy atom. The first-order chi connectivity index (χ1) is 9.74. The maximum absolute atomic E-state index is 12.2. The van der Waals surface area contributed by atoms with Crippen molar-refractivity contribution in [1.29, 1.82) is 0 Å². The van der Waals surface area contributed by atoms with Crippen LogP contribution in [0, 0.1) is 0 Å². The van der Waals surface area contributed by atoms with Crippen molar-refractivity contribution in [2.24, 2.45) is 0 Å². The Morgan fingerprint density at radius 1 is 1.33 bits per heavy atom. The predicted molar refractivity (Wildman–Crippen MR) is 83.2 cm³/mol. The van der Waals surface area contributed by atoms with Gasteiger partial charge in [0, 0.05) is 24.5 Å². The van der Waals surface area contributed by atoms with Crippen LogP contribution in [0.2, 0.25) is 0 Å². The van der Waals surface area contributed by atoms with Crippen molar-refractivity contribution in [3.05, 3.63) is 24.0 Å². The number of rotatable bonds is 5. The molecule has 0 bridgehead atoms. The summed E-state index contributed by atoms with van der Waals surface area (Å²) < 4.78 is 0. The third kappa shape index (κ3) is 5.41. The lowest BCUT2D eigenvalue weighted by atomic mass is 10.1. The Bertz CT molecular complexity index is 509. The number of hydrogen-bond donors (Lipinski definition) is 3. The minimum absolute atomic E-state index is 0.218. The lowest BCUT2D eigenvalue weighted by Crippen LogP contribution is -2.50. The van der Waals surface area contributed by atoms with E-state index in [0.717, 1.165) is 0 Å². The van der Waals surface area contributed by atoms with Gasteiger partial charge in [-0.15, -0.1) is 0 Å². The number of aromatic nitrogens is 1. The lowest BCUT2D eigenvalue weighted by Gasteiger charge is -2.23. The number of pyridine rings is 1. The van der Waals surface area contributed by atoms with E-state index in [-0.39, 0.29) is 17.4 Å². The monoisotopic (exact) mass is 292 g/mol. The number of anilines is 1. The zero-order chi connectivity index (χ0) is 16.0. The lowest BCUT2D eigenvalue weighted by molar-refractivity contribution is -0.124. The van der Waals surface area contributed by atoms with Crippen LogP contribution in [-0.4, -0.2) is 34.9 Å². The molecule has 3 N–H and O–H groups in total. The molecular weight excluding hydrogens is 268 g/mol. The Hall–Kier alpha value is -2.11. The molecule has 0 spiro atoms. The highest BCUT2D eigenvalue weighted by molar-refractivity contribution is 6.01. The zero-order valence-corrected chi connectivity index (χ0v) is 13.3. The molecule has 1 rings (SSSR count). The Balaban J connectivity index is 2.75. The number of nitrogens with one attached hydrogen (secondary N) is 3. The van der Waals surface area contributed by atoms with Crippen LogP contribution in [0.3, 0.4) is 0 Å². The van der Waals surface area contributed by atoms with Gasteiger partial charge in [0.15, 0.2) is 0 Å². The summed E-state index contributed by atoms with van der Waals surface area (Å²) in [5.74, 6) is -0.541. The van der Waals surface area contributed by atoms with Crippen molar-refractivity contribution in [3.63, 3.8) is 0 Å². The summed E-state index contributed by atoms with van der Waals surface area (Å²) in [4.78, 5) is 28.2. The Kier molecular flexibility index (Phi) is 5.69. The fourth-order valence-electron chi connectivity index (χ4n) is 1.74. The number of amides is 2. The summed E-state index contributed by atoms with van der Waals surface area (Å²) in [7, 11) is 0. The van der Waals surface area contributed by atoms with Gasteiger partial charge in [-0.25, -0.2) is 0 Å². The van der Waals surface area contributed by atoms with E-state index in [1.54, 1.807) is 19.2 Å². The van der Waals surface area contributed by atoms with Crippen LogP contribution >= 0.6 is 0 Å². The molecule has 21 heavy (non-hydrogen) atoms. The molecule has 0 aliphatic carbocycles. The molecule has 2 amide bonds. The standard InChI is InChI=1S/C15H24N4O2/c1-6-17-12-7-8-16-9-11(12)14(21)18-10(2)13(20)19-15(3,4)5/h7-10H,6H2,1-5H3,(H,16,17)(H,18,21)(H,19,20). The van der Waals surface area contributed by atoms with Gasteiger partial charge < -0.3 is 16.0 Å². The average Bonchev–Trinajstić information content (AvgIpc) is 2.37. The van der Waals surface area contributed by atoms with E-state index in [4.69, 9.17) is 0 Å². The van der Waals surface area contributed by atoms with Crippen LogP contribution in [0.4, 0.5) is 5.69 Å². The largest absolute Gasteiger partial charge is 0.385 e. The van der Waals surface area contributed by atoms with Crippen molar-refractivity contribution in [3.8, 4) is 0 Å². The van der Waals surface area contributed by atoms with E-state index in [1.807, 2.05) is 27.7 Å². The quantitative estimate of drug-likeness (QED) is 0.769. The molecule has 0 fully saturated rings. The molecule has 1 heterocycles. The van der Waals surface area contributed by atoms with Crippen LogP contribution in [0.15, 0.2) is 18.5 Å².